The van der Waals surface area contributed by atoms with Gasteiger partial charge in [0.2, 0.25) is 5.28 Å². The number of nitrogens with one attached hydrogen (secondary N) is 1. The average Bonchev–Trinajstić information content (AvgIpc) is 2.86. The molecule has 96 valence electrons. The van der Waals surface area contributed by atoms with Crippen LogP contribution in [0.2, 0.25) is 5.28 Å². The molecule has 0 aliphatic carbocycles. The summed E-state index contributed by atoms with van der Waals surface area (Å²) < 4.78 is 5.49. The Kier molecular flexibility index (Phi) is 3.05. The zero-order chi connectivity index (χ0) is 13.2. The lowest BCUT2D eigenvalue weighted by Gasteiger charge is -2.06. The molecule has 0 fully saturated rings. The third-order valence-corrected chi connectivity index (χ3v) is 2.87. The molecule has 0 amide bonds. The monoisotopic (exact) mass is 274 g/mol. The first kappa shape index (κ1) is 11.9. The van der Waals surface area contributed by atoms with Crippen LogP contribution in [0.25, 0.3) is 22.3 Å². The maximum absolute atomic E-state index is 5.93. The van der Waals surface area contributed by atoms with Gasteiger partial charge in [0.05, 0.1) is 23.9 Å². The van der Waals surface area contributed by atoms with Gasteiger partial charge in [-0.3, -0.25) is 5.10 Å². The van der Waals surface area contributed by atoms with Crippen LogP contribution in [-0.4, -0.2) is 26.8 Å². The summed E-state index contributed by atoms with van der Waals surface area (Å²) in [7, 11) is 0. The summed E-state index contributed by atoms with van der Waals surface area (Å²) in [6, 6.07) is 7.70. The summed E-state index contributed by atoms with van der Waals surface area (Å²) in [5, 5.41) is 7.78. The second kappa shape index (κ2) is 4.85. The molecule has 0 radical (unpaired) electrons. The highest BCUT2D eigenvalue weighted by Crippen LogP contribution is 2.28. The van der Waals surface area contributed by atoms with E-state index in [2.05, 4.69) is 20.2 Å². The summed E-state index contributed by atoms with van der Waals surface area (Å²) >= 11 is 5.93. The van der Waals surface area contributed by atoms with E-state index in [0.717, 1.165) is 22.4 Å². The van der Waals surface area contributed by atoms with Crippen molar-refractivity contribution in [1.29, 1.82) is 0 Å². The standard InChI is InChI=1S/C13H11ClN4O/c1-2-19-9-5-3-4-8(6-9)11-10-7-15-18-12(10)17-13(14)16-11/h3-7H,2H2,1H3,(H,15,16,17,18). The average molecular weight is 275 g/mol. The fourth-order valence-electron chi connectivity index (χ4n) is 1.93. The van der Waals surface area contributed by atoms with E-state index in [1.54, 1.807) is 6.20 Å². The number of hydrogen-bond acceptors (Lipinski definition) is 4. The number of H-pyrrole nitrogens is 1. The van der Waals surface area contributed by atoms with Gasteiger partial charge in [0, 0.05) is 5.56 Å². The van der Waals surface area contributed by atoms with Crippen molar-refractivity contribution in [3.8, 4) is 17.0 Å². The Morgan fingerprint density at radius 1 is 1.32 bits per heavy atom. The molecular formula is C13H11ClN4O. The Bertz CT molecular complexity index is 725. The second-order valence-corrected chi connectivity index (χ2v) is 4.27. The van der Waals surface area contributed by atoms with Crippen LogP contribution in [0.5, 0.6) is 5.75 Å². The van der Waals surface area contributed by atoms with E-state index in [1.165, 1.54) is 0 Å². The first-order valence-corrected chi connectivity index (χ1v) is 6.25. The minimum atomic E-state index is 0.188. The molecule has 0 unspecified atom stereocenters. The van der Waals surface area contributed by atoms with Crippen LogP contribution >= 0.6 is 11.6 Å². The van der Waals surface area contributed by atoms with Crippen LogP contribution < -0.4 is 4.74 Å². The largest absolute Gasteiger partial charge is 0.494 e. The fourth-order valence-corrected chi connectivity index (χ4v) is 2.10. The predicted octanol–water partition coefficient (Wildman–Crippen LogP) is 3.07. The van der Waals surface area contributed by atoms with Gasteiger partial charge >= 0.3 is 0 Å². The molecule has 0 spiro atoms. The number of aromatic nitrogens is 4. The first-order chi connectivity index (χ1) is 9.28. The molecule has 5 nitrogen and oxygen atoms in total. The molecule has 0 saturated heterocycles. The highest BCUT2D eigenvalue weighted by molar-refractivity contribution is 6.28. The van der Waals surface area contributed by atoms with Crippen LogP contribution in [0.15, 0.2) is 30.5 Å². The topological polar surface area (TPSA) is 63.7 Å². The summed E-state index contributed by atoms with van der Waals surface area (Å²) in [5.41, 5.74) is 2.28. The van der Waals surface area contributed by atoms with E-state index in [0.29, 0.717) is 12.3 Å². The quantitative estimate of drug-likeness (QED) is 0.746. The number of aromatic amines is 1. The normalized spacial score (nSPS) is 10.8. The molecular weight excluding hydrogens is 264 g/mol. The lowest BCUT2D eigenvalue weighted by Crippen LogP contribution is -1.93. The van der Waals surface area contributed by atoms with Gasteiger partial charge in [0.1, 0.15) is 5.75 Å². The van der Waals surface area contributed by atoms with Crippen LogP contribution in [0.1, 0.15) is 6.92 Å². The van der Waals surface area contributed by atoms with Crippen LogP contribution in [0, 0.1) is 0 Å². The Hall–Kier alpha value is -2.14. The molecule has 0 bridgehead atoms. The Balaban J connectivity index is 2.18. The first-order valence-electron chi connectivity index (χ1n) is 5.88. The van der Waals surface area contributed by atoms with Gasteiger partial charge in [-0.05, 0) is 30.7 Å². The third kappa shape index (κ3) is 2.24. The lowest BCUT2D eigenvalue weighted by atomic mass is 10.1. The molecule has 6 heteroatoms. The number of benzene rings is 1. The SMILES string of the molecule is CCOc1cccc(-c2nc(Cl)nc3[nH]ncc23)c1. The molecule has 2 heterocycles. The van der Waals surface area contributed by atoms with Crippen LogP contribution in [-0.2, 0) is 0 Å². The van der Waals surface area contributed by atoms with Crippen molar-refractivity contribution < 1.29 is 4.74 Å². The summed E-state index contributed by atoms with van der Waals surface area (Å²) in [6.45, 7) is 2.57. The summed E-state index contributed by atoms with van der Waals surface area (Å²) in [5.74, 6) is 0.798. The van der Waals surface area contributed by atoms with E-state index in [1.807, 2.05) is 31.2 Å². The summed E-state index contributed by atoms with van der Waals surface area (Å²) in [4.78, 5) is 8.37. The zero-order valence-corrected chi connectivity index (χ0v) is 11.0. The summed E-state index contributed by atoms with van der Waals surface area (Å²) in [6.07, 6.45) is 1.69. The van der Waals surface area contributed by atoms with Gasteiger partial charge < -0.3 is 4.74 Å². The minimum absolute atomic E-state index is 0.188. The number of halogens is 1. The fraction of sp³-hybridized carbons (Fsp3) is 0.154. The molecule has 0 aliphatic rings. The van der Waals surface area contributed by atoms with E-state index in [9.17, 15) is 0 Å². The molecule has 3 rings (SSSR count). The zero-order valence-electron chi connectivity index (χ0n) is 10.2. The molecule has 2 aromatic heterocycles. The maximum Gasteiger partial charge on any atom is 0.224 e. The van der Waals surface area contributed by atoms with Crippen molar-refractivity contribution >= 4 is 22.6 Å². The molecule has 0 aliphatic heterocycles. The van der Waals surface area contributed by atoms with Gasteiger partial charge in [0.25, 0.3) is 0 Å². The molecule has 0 atom stereocenters. The molecule has 19 heavy (non-hydrogen) atoms. The van der Waals surface area contributed by atoms with E-state index in [-0.39, 0.29) is 5.28 Å². The molecule has 0 saturated carbocycles. The Morgan fingerprint density at radius 3 is 3.05 bits per heavy atom. The van der Waals surface area contributed by atoms with Crippen molar-refractivity contribution in [1.82, 2.24) is 20.2 Å². The van der Waals surface area contributed by atoms with Crippen molar-refractivity contribution in [2.45, 2.75) is 6.92 Å². The predicted molar refractivity (Wildman–Crippen MR) is 73.3 cm³/mol. The van der Waals surface area contributed by atoms with Gasteiger partial charge in [-0.2, -0.15) is 10.1 Å². The number of ether oxygens (including phenoxy) is 1. The number of fused-ring (bicyclic) bond motifs is 1. The van der Waals surface area contributed by atoms with Crippen molar-refractivity contribution in [3.05, 3.63) is 35.7 Å². The van der Waals surface area contributed by atoms with Crippen molar-refractivity contribution in [2.75, 3.05) is 6.61 Å². The number of hydrogen-bond donors (Lipinski definition) is 1. The number of rotatable bonds is 3. The molecule has 1 aromatic carbocycles. The minimum Gasteiger partial charge on any atom is -0.494 e. The van der Waals surface area contributed by atoms with E-state index in [4.69, 9.17) is 16.3 Å². The van der Waals surface area contributed by atoms with E-state index < -0.39 is 0 Å². The van der Waals surface area contributed by atoms with Gasteiger partial charge in [-0.15, -0.1) is 0 Å². The highest BCUT2D eigenvalue weighted by atomic mass is 35.5. The van der Waals surface area contributed by atoms with E-state index >= 15 is 0 Å². The highest BCUT2D eigenvalue weighted by Gasteiger charge is 2.11. The van der Waals surface area contributed by atoms with Gasteiger partial charge in [0.15, 0.2) is 5.65 Å². The Morgan fingerprint density at radius 2 is 2.21 bits per heavy atom. The smallest absolute Gasteiger partial charge is 0.224 e. The van der Waals surface area contributed by atoms with Gasteiger partial charge in [-0.1, -0.05) is 12.1 Å². The van der Waals surface area contributed by atoms with Crippen molar-refractivity contribution in [3.63, 3.8) is 0 Å². The van der Waals surface area contributed by atoms with Crippen LogP contribution in [0.4, 0.5) is 0 Å². The van der Waals surface area contributed by atoms with Gasteiger partial charge in [-0.25, -0.2) is 4.98 Å². The Labute approximate surface area is 114 Å². The maximum atomic E-state index is 5.93. The molecule has 1 N–H and O–H groups in total. The molecule has 3 aromatic rings. The third-order valence-electron chi connectivity index (χ3n) is 2.70. The lowest BCUT2D eigenvalue weighted by molar-refractivity contribution is 0.340. The second-order valence-electron chi connectivity index (χ2n) is 3.93. The van der Waals surface area contributed by atoms with Crippen molar-refractivity contribution in [2.24, 2.45) is 0 Å². The van der Waals surface area contributed by atoms with Crippen LogP contribution in [0.3, 0.4) is 0 Å². The number of nitrogens with zero attached hydrogens (tertiary/aromatic N) is 3.